The molecule has 0 unspecified atom stereocenters. The number of ether oxygens (including phenoxy) is 1. The van der Waals surface area contributed by atoms with Crippen molar-refractivity contribution in [1.29, 1.82) is 0 Å². The van der Waals surface area contributed by atoms with Gasteiger partial charge >= 0.3 is 0 Å². The highest BCUT2D eigenvalue weighted by atomic mass is 35.5. The smallest absolute Gasteiger partial charge is 0.298 e. The number of morpholine rings is 1. The number of anilines is 1. The number of halogens is 1. The maximum Gasteiger partial charge on any atom is 0.298 e. The first kappa shape index (κ1) is 7.89. The molecule has 4 nitrogen and oxygen atoms in total. The van der Waals surface area contributed by atoms with Crippen molar-refractivity contribution in [2.75, 3.05) is 31.2 Å². The molecule has 0 spiro atoms. The first-order valence-corrected chi connectivity index (χ1v) is 4.18. The molecule has 2 heterocycles. The quantitative estimate of drug-likeness (QED) is 0.663. The van der Waals surface area contributed by atoms with Gasteiger partial charge in [-0.2, -0.15) is 0 Å². The molecule has 1 aliphatic heterocycles. The normalized spacial score (nSPS) is 18.2. The van der Waals surface area contributed by atoms with E-state index < -0.39 is 0 Å². The van der Waals surface area contributed by atoms with Crippen molar-refractivity contribution < 1.29 is 9.15 Å². The van der Waals surface area contributed by atoms with Gasteiger partial charge in [-0.05, 0) is 11.6 Å². The second-order valence-electron chi connectivity index (χ2n) is 2.55. The molecule has 0 saturated carbocycles. The van der Waals surface area contributed by atoms with E-state index in [2.05, 4.69) is 4.98 Å². The minimum absolute atomic E-state index is 0.330. The van der Waals surface area contributed by atoms with E-state index >= 15 is 0 Å². The third kappa shape index (κ3) is 1.54. The third-order valence-corrected chi connectivity index (χ3v) is 1.92. The van der Waals surface area contributed by atoms with Gasteiger partial charge in [0.1, 0.15) is 0 Å². The molecule has 2 rings (SSSR count). The van der Waals surface area contributed by atoms with Crippen molar-refractivity contribution in [1.82, 2.24) is 4.98 Å². The van der Waals surface area contributed by atoms with Gasteiger partial charge in [0.2, 0.25) is 5.22 Å². The summed E-state index contributed by atoms with van der Waals surface area (Å²) in [6.07, 6.45) is 1.51. The fraction of sp³-hybridized carbons (Fsp3) is 0.571. The molecule has 1 fully saturated rings. The maximum absolute atomic E-state index is 5.59. The topological polar surface area (TPSA) is 38.5 Å². The summed E-state index contributed by atoms with van der Waals surface area (Å²) in [6, 6.07) is 0.586. The lowest BCUT2D eigenvalue weighted by Gasteiger charge is -2.24. The third-order valence-electron chi connectivity index (χ3n) is 1.75. The van der Waals surface area contributed by atoms with E-state index in [0.29, 0.717) is 11.2 Å². The fourth-order valence-electron chi connectivity index (χ4n) is 1.15. The van der Waals surface area contributed by atoms with Gasteiger partial charge in [-0.15, -0.1) is 0 Å². The van der Waals surface area contributed by atoms with Gasteiger partial charge < -0.3 is 14.1 Å². The summed E-state index contributed by atoms with van der Waals surface area (Å²) < 4.78 is 10.3. The van der Waals surface area contributed by atoms with Crippen LogP contribution in [0.1, 0.15) is 0 Å². The Hall–Kier alpha value is -0.740. The summed E-state index contributed by atoms with van der Waals surface area (Å²) >= 11 is 5.59. The average Bonchev–Trinajstić information content (AvgIpc) is 2.54. The van der Waals surface area contributed by atoms with E-state index in [4.69, 9.17) is 20.8 Å². The zero-order valence-electron chi connectivity index (χ0n) is 6.49. The molecule has 0 aromatic carbocycles. The monoisotopic (exact) mass is 188 g/mol. The zero-order valence-corrected chi connectivity index (χ0v) is 7.25. The van der Waals surface area contributed by atoms with Crippen LogP contribution in [0.3, 0.4) is 0 Å². The number of nitrogens with zero attached hydrogens (tertiary/aromatic N) is 2. The van der Waals surface area contributed by atoms with Gasteiger partial charge in [0.15, 0.2) is 0 Å². The van der Waals surface area contributed by atoms with Crippen LogP contribution < -0.4 is 4.90 Å². The molecule has 5 heteroatoms. The molecule has 0 N–H and O–H groups in total. The lowest BCUT2D eigenvalue weighted by Crippen LogP contribution is -2.36. The van der Waals surface area contributed by atoms with Crippen LogP contribution in [-0.4, -0.2) is 31.3 Å². The molecule has 1 saturated heterocycles. The summed E-state index contributed by atoms with van der Waals surface area (Å²) in [5.41, 5.74) is 0. The van der Waals surface area contributed by atoms with E-state index in [9.17, 15) is 0 Å². The van der Waals surface area contributed by atoms with Crippen LogP contribution in [0.25, 0.3) is 0 Å². The van der Waals surface area contributed by atoms with E-state index in [1.807, 2.05) is 4.90 Å². The van der Waals surface area contributed by atoms with Crippen LogP contribution in [-0.2, 0) is 4.74 Å². The molecule has 0 bridgehead atoms. The van der Waals surface area contributed by atoms with E-state index in [-0.39, 0.29) is 0 Å². The molecule has 0 radical (unpaired) electrons. The van der Waals surface area contributed by atoms with Gasteiger partial charge in [0.05, 0.1) is 19.4 Å². The molecular weight excluding hydrogens is 180 g/mol. The Morgan fingerprint density at radius 1 is 1.42 bits per heavy atom. The largest absolute Gasteiger partial charge is 0.412 e. The molecule has 12 heavy (non-hydrogen) atoms. The highest BCUT2D eigenvalue weighted by Crippen LogP contribution is 2.18. The number of hydrogen-bond acceptors (Lipinski definition) is 4. The van der Waals surface area contributed by atoms with Crippen LogP contribution >= 0.6 is 11.6 Å². The molecular formula is C7H9ClN2O2. The van der Waals surface area contributed by atoms with Gasteiger partial charge in [0.25, 0.3) is 6.01 Å². The first-order chi connectivity index (χ1) is 5.86. The molecule has 1 aliphatic rings. The van der Waals surface area contributed by atoms with Gasteiger partial charge in [0, 0.05) is 13.1 Å². The first-order valence-electron chi connectivity index (χ1n) is 3.80. The predicted molar refractivity (Wildman–Crippen MR) is 44.5 cm³/mol. The Labute approximate surface area is 75.1 Å². The fourth-order valence-corrected chi connectivity index (χ4v) is 1.26. The Balaban J connectivity index is 2.08. The maximum atomic E-state index is 5.59. The molecule has 1 aromatic rings. The van der Waals surface area contributed by atoms with E-state index in [1.165, 1.54) is 6.20 Å². The van der Waals surface area contributed by atoms with Crippen molar-refractivity contribution in [3.63, 3.8) is 0 Å². The molecule has 0 atom stereocenters. The second kappa shape index (κ2) is 3.33. The van der Waals surface area contributed by atoms with E-state index in [1.54, 1.807) is 0 Å². The highest BCUT2D eigenvalue weighted by Gasteiger charge is 2.15. The van der Waals surface area contributed by atoms with Crippen molar-refractivity contribution in [3.05, 3.63) is 11.4 Å². The van der Waals surface area contributed by atoms with Crippen LogP contribution in [0.15, 0.2) is 10.6 Å². The standard InChI is InChI=1S/C7H9ClN2O2/c8-6-5-9-7(12-6)10-1-3-11-4-2-10/h5H,1-4H2. The SMILES string of the molecule is Clc1cnc(N2CCOCC2)o1. The Kier molecular flexibility index (Phi) is 2.19. The minimum Gasteiger partial charge on any atom is -0.412 e. The van der Waals surface area contributed by atoms with E-state index in [0.717, 1.165) is 26.3 Å². The summed E-state index contributed by atoms with van der Waals surface area (Å²) in [6.45, 7) is 3.08. The zero-order chi connectivity index (χ0) is 8.39. The summed E-state index contributed by atoms with van der Waals surface area (Å²) in [5.74, 6) is 0. The molecule has 1 aromatic heterocycles. The lowest BCUT2D eigenvalue weighted by molar-refractivity contribution is 0.120. The van der Waals surface area contributed by atoms with Crippen LogP contribution in [0.2, 0.25) is 5.22 Å². The Morgan fingerprint density at radius 2 is 2.17 bits per heavy atom. The lowest BCUT2D eigenvalue weighted by atomic mass is 10.5. The summed E-state index contributed by atoms with van der Waals surface area (Å²) in [4.78, 5) is 6.02. The number of rotatable bonds is 1. The van der Waals surface area contributed by atoms with Crippen molar-refractivity contribution in [2.24, 2.45) is 0 Å². The molecule has 0 aliphatic carbocycles. The Morgan fingerprint density at radius 3 is 2.75 bits per heavy atom. The van der Waals surface area contributed by atoms with Crippen molar-refractivity contribution in [3.8, 4) is 0 Å². The van der Waals surface area contributed by atoms with Crippen LogP contribution in [0.4, 0.5) is 6.01 Å². The number of aromatic nitrogens is 1. The van der Waals surface area contributed by atoms with Crippen LogP contribution in [0, 0.1) is 0 Å². The minimum atomic E-state index is 0.330. The number of hydrogen-bond donors (Lipinski definition) is 0. The highest BCUT2D eigenvalue weighted by molar-refractivity contribution is 6.28. The summed E-state index contributed by atoms with van der Waals surface area (Å²) in [5, 5.41) is 0.330. The van der Waals surface area contributed by atoms with Crippen molar-refractivity contribution >= 4 is 17.6 Å². The van der Waals surface area contributed by atoms with Gasteiger partial charge in [-0.1, -0.05) is 0 Å². The predicted octanol–water partition coefficient (Wildman–Crippen LogP) is 1.16. The summed E-state index contributed by atoms with van der Waals surface area (Å²) in [7, 11) is 0. The van der Waals surface area contributed by atoms with Gasteiger partial charge in [-0.25, -0.2) is 4.98 Å². The number of oxazole rings is 1. The Bertz CT molecular complexity index is 258. The molecule has 66 valence electrons. The average molecular weight is 189 g/mol. The van der Waals surface area contributed by atoms with Crippen LogP contribution in [0.5, 0.6) is 0 Å². The van der Waals surface area contributed by atoms with Gasteiger partial charge in [-0.3, -0.25) is 0 Å². The molecule has 0 amide bonds. The van der Waals surface area contributed by atoms with Crippen molar-refractivity contribution in [2.45, 2.75) is 0 Å². The second-order valence-corrected chi connectivity index (χ2v) is 2.92.